The van der Waals surface area contributed by atoms with E-state index in [-0.39, 0.29) is 0 Å². The molecule has 18 heavy (non-hydrogen) atoms. The van der Waals surface area contributed by atoms with Crippen LogP contribution in [0.5, 0.6) is 0 Å². The maximum Gasteiger partial charge on any atom is 0.126 e. The van der Waals surface area contributed by atoms with Crippen molar-refractivity contribution < 1.29 is 8.78 Å². The summed E-state index contributed by atoms with van der Waals surface area (Å²) in [6, 6.07) is 4.16. The molecule has 0 radical (unpaired) electrons. The molecule has 1 aromatic rings. The van der Waals surface area contributed by atoms with Crippen molar-refractivity contribution in [1.29, 1.82) is 0 Å². The number of halogens is 2. The highest BCUT2D eigenvalue weighted by atomic mass is 19.1. The third-order valence-corrected chi connectivity index (χ3v) is 3.72. The van der Waals surface area contributed by atoms with Gasteiger partial charge in [0.05, 0.1) is 0 Å². The Balaban J connectivity index is 2.02. The van der Waals surface area contributed by atoms with Gasteiger partial charge in [0, 0.05) is 12.1 Å². The summed E-state index contributed by atoms with van der Waals surface area (Å²) < 4.78 is 26.3. The first-order valence-electron chi connectivity index (χ1n) is 6.78. The Kier molecular flexibility index (Phi) is 4.33. The van der Waals surface area contributed by atoms with E-state index in [4.69, 9.17) is 0 Å². The van der Waals surface area contributed by atoms with Crippen molar-refractivity contribution in [3.05, 3.63) is 35.4 Å². The molecule has 1 aliphatic rings. The molecule has 1 aliphatic carbocycles. The molecule has 1 saturated carbocycles. The van der Waals surface area contributed by atoms with Gasteiger partial charge < -0.3 is 5.32 Å². The van der Waals surface area contributed by atoms with Crippen molar-refractivity contribution >= 4 is 0 Å². The summed E-state index contributed by atoms with van der Waals surface area (Å²) in [5.41, 5.74) is 0.750. The van der Waals surface area contributed by atoms with Crippen molar-refractivity contribution in [3.63, 3.8) is 0 Å². The monoisotopic (exact) mass is 253 g/mol. The first kappa shape index (κ1) is 13.5. The lowest BCUT2D eigenvalue weighted by atomic mass is 10.0. The minimum Gasteiger partial charge on any atom is -0.313 e. The van der Waals surface area contributed by atoms with Gasteiger partial charge in [-0.25, -0.2) is 8.78 Å². The van der Waals surface area contributed by atoms with Crippen LogP contribution in [-0.2, 0) is 6.42 Å². The Labute approximate surface area is 108 Å². The Morgan fingerprint density at radius 1 is 1.28 bits per heavy atom. The van der Waals surface area contributed by atoms with Crippen LogP contribution in [0.2, 0.25) is 0 Å². The van der Waals surface area contributed by atoms with Gasteiger partial charge in [-0.1, -0.05) is 13.8 Å². The molecule has 0 aliphatic heterocycles. The first-order valence-corrected chi connectivity index (χ1v) is 6.78. The molecular weight excluding hydrogens is 232 g/mol. The normalized spacial score (nSPS) is 24.0. The van der Waals surface area contributed by atoms with E-state index in [9.17, 15) is 8.78 Å². The minimum atomic E-state index is -0.483. The maximum atomic E-state index is 13.2. The van der Waals surface area contributed by atoms with Crippen molar-refractivity contribution in [2.24, 2.45) is 11.8 Å². The molecule has 1 nitrogen and oxygen atoms in total. The Morgan fingerprint density at radius 2 is 1.89 bits per heavy atom. The van der Waals surface area contributed by atoms with E-state index >= 15 is 0 Å². The molecule has 0 aromatic heterocycles. The minimum absolute atomic E-state index is 0.348. The molecule has 100 valence electrons. The predicted molar refractivity (Wildman–Crippen MR) is 69.4 cm³/mol. The molecule has 0 heterocycles. The van der Waals surface area contributed by atoms with E-state index in [1.807, 2.05) is 0 Å². The van der Waals surface area contributed by atoms with Gasteiger partial charge in [-0.15, -0.1) is 0 Å². The number of rotatable bonds is 6. The van der Waals surface area contributed by atoms with Crippen LogP contribution in [-0.4, -0.2) is 12.6 Å². The third-order valence-electron chi connectivity index (χ3n) is 3.72. The standard InChI is InChI=1S/C15H21F2N/c1-3-4-18-15(14-5-10(14)2)8-11-6-12(16)9-13(17)7-11/h6-7,9-10,14-15,18H,3-5,8H2,1-2H3. The molecule has 0 bridgehead atoms. The summed E-state index contributed by atoms with van der Waals surface area (Å²) in [4.78, 5) is 0. The highest BCUT2D eigenvalue weighted by Crippen LogP contribution is 2.41. The van der Waals surface area contributed by atoms with E-state index in [0.29, 0.717) is 18.4 Å². The van der Waals surface area contributed by atoms with E-state index < -0.39 is 11.6 Å². The fourth-order valence-corrected chi connectivity index (χ4v) is 2.60. The molecule has 1 fully saturated rings. The lowest BCUT2D eigenvalue weighted by Gasteiger charge is -2.18. The number of benzene rings is 1. The van der Waals surface area contributed by atoms with Crippen molar-refractivity contribution in [3.8, 4) is 0 Å². The van der Waals surface area contributed by atoms with Crippen molar-refractivity contribution in [2.75, 3.05) is 6.54 Å². The van der Waals surface area contributed by atoms with Crippen molar-refractivity contribution in [1.82, 2.24) is 5.32 Å². The summed E-state index contributed by atoms with van der Waals surface area (Å²) in [7, 11) is 0. The van der Waals surface area contributed by atoms with Gasteiger partial charge in [-0.3, -0.25) is 0 Å². The first-order chi connectivity index (χ1) is 8.60. The number of nitrogens with one attached hydrogen (secondary N) is 1. The van der Waals surface area contributed by atoms with Crippen LogP contribution in [0.4, 0.5) is 8.78 Å². The molecule has 2 rings (SSSR count). The summed E-state index contributed by atoms with van der Waals surface area (Å²) >= 11 is 0. The van der Waals surface area contributed by atoms with Crippen LogP contribution in [0.3, 0.4) is 0 Å². The van der Waals surface area contributed by atoms with E-state index in [0.717, 1.165) is 30.5 Å². The van der Waals surface area contributed by atoms with Crippen LogP contribution in [0.1, 0.15) is 32.3 Å². The maximum absolute atomic E-state index is 13.2. The SMILES string of the molecule is CCCNC(Cc1cc(F)cc(F)c1)C1CC1C. The summed E-state index contributed by atoms with van der Waals surface area (Å²) in [5.74, 6) is 0.423. The Bertz CT molecular complexity index is 385. The second-order valence-electron chi connectivity index (χ2n) is 5.42. The summed E-state index contributed by atoms with van der Waals surface area (Å²) in [6.07, 6.45) is 3.01. The van der Waals surface area contributed by atoms with E-state index in [1.165, 1.54) is 18.6 Å². The average Bonchev–Trinajstić information content (AvgIpc) is 3.00. The second kappa shape index (κ2) is 5.79. The van der Waals surface area contributed by atoms with Crippen LogP contribution < -0.4 is 5.32 Å². The van der Waals surface area contributed by atoms with Gasteiger partial charge in [0.1, 0.15) is 11.6 Å². The van der Waals surface area contributed by atoms with Gasteiger partial charge in [0.2, 0.25) is 0 Å². The summed E-state index contributed by atoms with van der Waals surface area (Å²) in [5, 5.41) is 3.50. The third kappa shape index (κ3) is 3.52. The van der Waals surface area contributed by atoms with Gasteiger partial charge in [0.15, 0.2) is 0 Å². The number of hydrogen-bond donors (Lipinski definition) is 1. The average molecular weight is 253 g/mol. The summed E-state index contributed by atoms with van der Waals surface area (Å²) in [6.45, 7) is 5.32. The number of hydrogen-bond acceptors (Lipinski definition) is 1. The lowest BCUT2D eigenvalue weighted by molar-refractivity contribution is 0.441. The van der Waals surface area contributed by atoms with Crippen LogP contribution in [0.25, 0.3) is 0 Å². The molecule has 0 saturated heterocycles. The van der Waals surface area contributed by atoms with Crippen LogP contribution >= 0.6 is 0 Å². The van der Waals surface area contributed by atoms with E-state index in [2.05, 4.69) is 19.2 Å². The second-order valence-corrected chi connectivity index (χ2v) is 5.42. The molecule has 0 amide bonds. The molecule has 1 N–H and O–H groups in total. The van der Waals surface area contributed by atoms with Gasteiger partial charge in [-0.05, 0) is 55.3 Å². The van der Waals surface area contributed by atoms with Gasteiger partial charge >= 0.3 is 0 Å². The molecule has 3 unspecified atom stereocenters. The Morgan fingerprint density at radius 3 is 2.39 bits per heavy atom. The quantitative estimate of drug-likeness (QED) is 0.817. The Hall–Kier alpha value is -0.960. The molecular formula is C15H21F2N. The predicted octanol–water partition coefficient (Wildman–Crippen LogP) is 3.53. The van der Waals surface area contributed by atoms with Gasteiger partial charge in [-0.2, -0.15) is 0 Å². The van der Waals surface area contributed by atoms with Crippen molar-refractivity contribution in [2.45, 2.75) is 39.2 Å². The van der Waals surface area contributed by atoms with Gasteiger partial charge in [0.25, 0.3) is 0 Å². The zero-order valence-corrected chi connectivity index (χ0v) is 11.0. The zero-order valence-electron chi connectivity index (χ0n) is 11.0. The van der Waals surface area contributed by atoms with E-state index in [1.54, 1.807) is 0 Å². The molecule has 3 heteroatoms. The highest BCUT2D eigenvalue weighted by Gasteiger charge is 2.38. The molecule has 0 spiro atoms. The molecule has 3 atom stereocenters. The van der Waals surface area contributed by atoms with Crippen LogP contribution in [0.15, 0.2) is 18.2 Å². The topological polar surface area (TPSA) is 12.0 Å². The van der Waals surface area contributed by atoms with Crippen LogP contribution in [0, 0.1) is 23.5 Å². The molecule has 1 aromatic carbocycles. The largest absolute Gasteiger partial charge is 0.313 e. The lowest BCUT2D eigenvalue weighted by Crippen LogP contribution is -2.34. The zero-order chi connectivity index (χ0) is 13.1. The fourth-order valence-electron chi connectivity index (χ4n) is 2.60. The highest BCUT2D eigenvalue weighted by molar-refractivity contribution is 5.19. The fraction of sp³-hybridized carbons (Fsp3) is 0.600. The smallest absolute Gasteiger partial charge is 0.126 e.